The van der Waals surface area contributed by atoms with Gasteiger partial charge in [-0.25, -0.2) is 4.99 Å². The number of phenols is 1. The maximum Gasteiger partial charge on any atom is 0.182 e. The summed E-state index contributed by atoms with van der Waals surface area (Å²) in [4.78, 5) is 16.7. The van der Waals surface area contributed by atoms with Gasteiger partial charge in [0.05, 0.1) is 11.4 Å². The summed E-state index contributed by atoms with van der Waals surface area (Å²) < 4.78 is 0. The van der Waals surface area contributed by atoms with Crippen LogP contribution in [-0.2, 0) is 10.2 Å². The van der Waals surface area contributed by atoms with Crippen LogP contribution in [0.25, 0.3) is 0 Å². The molecule has 0 spiro atoms. The van der Waals surface area contributed by atoms with Gasteiger partial charge in [0.25, 0.3) is 0 Å². The van der Waals surface area contributed by atoms with Crippen LogP contribution in [0.4, 0.5) is 5.69 Å². The highest BCUT2D eigenvalue weighted by molar-refractivity contribution is 6.24. The number of hydrogen-bond donors (Lipinski definition) is 1. The fourth-order valence-electron chi connectivity index (χ4n) is 2.88. The van der Waals surface area contributed by atoms with E-state index in [1.807, 2.05) is 19.1 Å². The van der Waals surface area contributed by atoms with Crippen molar-refractivity contribution >= 4 is 17.2 Å². The quantitative estimate of drug-likeness (QED) is 0.790. The Labute approximate surface area is 118 Å². The van der Waals surface area contributed by atoms with Crippen LogP contribution >= 0.6 is 0 Å². The highest BCUT2D eigenvalue weighted by Crippen LogP contribution is 2.45. The number of carbonyl (C=O) groups excluding carboxylic acids is 1. The zero-order valence-electron chi connectivity index (χ0n) is 11.9. The van der Waals surface area contributed by atoms with Crippen molar-refractivity contribution < 1.29 is 9.90 Å². The summed E-state index contributed by atoms with van der Waals surface area (Å²) in [7, 11) is 0. The zero-order valence-corrected chi connectivity index (χ0v) is 11.9. The van der Waals surface area contributed by atoms with Gasteiger partial charge >= 0.3 is 0 Å². The van der Waals surface area contributed by atoms with Crippen LogP contribution in [0.15, 0.2) is 46.5 Å². The summed E-state index contributed by atoms with van der Waals surface area (Å²) in [6.45, 7) is 6.09. The maximum absolute atomic E-state index is 12.1. The summed E-state index contributed by atoms with van der Waals surface area (Å²) in [5.74, 6) is 0.293. The van der Waals surface area contributed by atoms with E-state index in [1.54, 1.807) is 18.2 Å². The van der Waals surface area contributed by atoms with Gasteiger partial charge in [-0.1, -0.05) is 20.8 Å². The van der Waals surface area contributed by atoms with E-state index < -0.39 is 0 Å². The average molecular weight is 267 g/mol. The molecule has 102 valence electrons. The number of nitrogens with zero attached hydrogens (tertiary/aromatic N) is 1. The van der Waals surface area contributed by atoms with Crippen molar-refractivity contribution in [1.82, 2.24) is 0 Å². The number of aliphatic imine (C=N–C) groups is 1. The van der Waals surface area contributed by atoms with E-state index in [9.17, 15) is 9.90 Å². The van der Waals surface area contributed by atoms with E-state index in [1.165, 1.54) is 0 Å². The number of aromatic hydroxyl groups is 1. The first-order valence-electron chi connectivity index (χ1n) is 6.83. The van der Waals surface area contributed by atoms with E-state index in [4.69, 9.17) is 0 Å². The Kier molecular flexibility index (Phi) is 2.68. The molecule has 0 saturated carbocycles. The van der Waals surface area contributed by atoms with Crippen molar-refractivity contribution in [1.29, 1.82) is 0 Å². The molecular weight excluding hydrogens is 250 g/mol. The largest absolute Gasteiger partial charge is 0.508 e. The smallest absolute Gasteiger partial charge is 0.182 e. The molecule has 3 nitrogen and oxygen atoms in total. The lowest BCUT2D eigenvalue weighted by atomic mass is 9.70. The molecule has 0 amide bonds. The Morgan fingerprint density at radius 1 is 1.25 bits per heavy atom. The molecule has 1 heterocycles. The van der Waals surface area contributed by atoms with Gasteiger partial charge in [-0.3, -0.25) is 4.79 Å². The molecule has 1 aromatic carbocycles. The minimum Gasteiger partial charge on any atom is -0.508 e. The number of hydrogen-bond acceptors (Lipinski definition) is 3. The van der Waals surface area contributed by atoms with E-state index >= 15 is 0 Å². The first-order chi connectivity index (χ1) is 9.43. The van der Waals surface area contributed by atoms with Crippen LogP contribution in [-0.4, -0.2) is 16.6 Å². The maximum atomic E-state index is 12.1. The summed E-state index contributed by atoms with van der Waals surface area (Å²) in [5.41, 5.74) is 4.07. The third-order valence-electron chi connectivity index (χ3n) is 4.13. The number of rotatable bonds is 1. The molecule has 1 aliphatic heterocycles. The average Bonchev–Trinajstić information content (AvgIpc) is 2.41. The van der Waals surface area contributed by atoms with Crippen LogP contribution in [0.3, 0.4) is 0 Å². The molecule has 0 fully saturated rings. The van der Waals surface area contributed by atoms with Gasteiger partial charge < -0.3 is 5.11 Å². The molecule has 0 aromatic heterocycles. The minimum absolute atomic E-state index is 0.0677. The van der Waals surface area contributed by atoms with Gasteiger partial charge in [0.15, 0.2) is 5.78 Å². The lowest BCUT2D eigenvalue weighted by molar-refractivity contribution is -0.111. The Morgan fingerprint density at radius 3 is 2.70 bits per heavy atom. The lowest BCUT2D eigenvalue weighted by Crippen LogP contribution is -2.31. The topological polar surface area (TPSA) is 49.7 Å². The van der Waals surface area contributed by atoms with Gasteiger partial charge in [-0.2, -0.15) is 0 Å². The van der Waals surface area contributed by atoms with E-state index in [0.29, 0.717) is 6.42 Å². The van der Waals surface area contributed by atoms with Crippen LogP contribution in [0.5, 0.6) is 5.75 Å². The molecule has 0 unspecified atom stereocenters. The number of ketones is 1. The fraction of sp³-hybridized carbons (Fsp3) is 0.294. The predicted octanol–water partition coefficient (Wildman–Crippen LogP) is 3.60. The molecule has 0 bridgehead atoms. The number of benzene rings is 1. The molecule has 2 aliphatic rings. The SMILES string of the molecule is CCC1=CC2=Nc3ccc(O)cc3C(C)(C)C2=CC1=O. The second kappa shape index (κ2) is 4.17. The number of allylic oxidation sites excluding steroid dienone is 4. The van der Waals surface area contributed by atoms with Crippen molar-refractivity contribution in [2.24, 2.45) is 4.99 Å². The second-order valence-electron chi connectivity index (χ2n) is 5.77. The lowest BCUT2D eigenvalue weighted by Gasteiger charge is -2.35. The molecule has 0 atom stereocenters. The van der Waals surface area contributed by atoms with Crippen molar-refractivity contribution in [3.8, 4) is 5.75 Å². The van der Waals surface area contributed by atoms with Crippen molar-refractivity contribution in [2.75, 3.05) is 0 Å². The van der Waals surface area contributed by atoms with Gasteiger partial charge in [0.2, 0.25) is 0 Å². The van der Waals surface area contributed by atoms with Gasteiger partial charge in [0, 0.05) is 11.0 Å². The summed E-state index contributed by atoms with van der Waals surface area (Å²) in [6.07, 6.45) is 4.31. The second-order valence-corrected chi connectivity index (χ2v) is 5.77. The third kappa shape index (κ3) is 1.73. The van der Waals surface area contributed by atoms with Gasteiger partial charge in [0.1, 0.15) is 5.75 Å². The van der Waals surface area contributed by atoms with Crippen molar-refractivity contribution in [3.05, 3.63) is 47.1 Å². The minimum atomic E-state index is -0.337. The van der Waals surface area contributed by atoms with Crippen molar-refractivity contribution in [3.63, 3.8) is 0 Å². The van der Waals surface area contributed by atoms with Gasteiger partial charge in [-0.15, -0.1) is 0 Å². The molecule has 0 saturated heterocycles. The van der Waals surface area contributed by atoms with E-state index in [-0.39, 0.29) is 16.9 Å². The molecule has 1 aliphatic carbocycles. The Bertz CT molecular complexity index is 706. The third-order valence-corrected chi connectivity index (χ3v) is 4.13. The van der Waals surface area contributed by atoms with E-state index in [0.717, 1.165) is 28.1 Å². The molecule has 3 rings (SSSR count). The molecule has 3 heteroatoms. The van der Waals surface area contributed by atoms with Crippen LogP contribution in [0, 0.1) is 0 Å². The molecule has 1 aromatic rings. The summed E-state index contributed by atoms with van der Waals surface area (Å²) >= 11 is 0. The standard InChI is InChI=1S/C17H17NO2/c1-4-10-7-15-13(9-16(10)20)17(2,3)12-8-11(19)5-6-14(12)18-15/h5-9,19H,4H2,1-3H3. The van der Waals surface area contributed by atoms with E-state index in [2.05, 4.69) is 18.8 Å². The van der Waals surface area contributed by atoms with Crippen molar-refractivity contribution in [2.45, 2.75) is 32.6 Å². The summed E-state index contributed by atoms with van der Waals surface area (Å²) in [5, 5.41) is 9.70. The predicted molar refractivity (Wildman–Crippen MR) is 79.7 cm³/mol. The molecule has 0 radical (unpaired) electrons. The monoisotopic (exact) mass is 267 g/mol. The first-order valence-corrected chi connectivity index (χ1v) is 6.83. The molecular formula is C17H17NO2. The number of carbonyl (C=O) groups is 1. The Balaban J connectivity index is 2.26. The number of fused-ring (bicyclic) bond motifs is 2. The normalized spacial score (nSPS) is 19.6. The molecule has 20 heavy (non-hydrogen) atoms. The summed E-state index contributed by atoms with van der Waals surface area (Å²) in [6, 6.07) is 5.21. The first kappa shape index (κ1) is 12.9. The Hall–Kier alpha value is -2.16. The fourth-order valence-corrected chi connectivity index (χ4v) is 2.88. The van der Waals surface area contributed by atoms with Crippen LogP contribution in [0.2, 0.25) is 0 Å². The van der Waals surface area contributed by atoms with Crippen LogP contribution in [0.1, 0.15) is 32.8 Å². The Morgan fingerprint density at radius 2 is 2.00 bits per heavy atom. The molecule has 1 N–H and O–H groups in total. The van der Waals surface area contributed by atoms with Crippen LogP contribution < -0.4 is 0 Å². The highest BCUT2D eigenvalue weighted by Gasteiger charge is 2.36. The zero-order chi connectivity index (χ0) is 14.5. The number of phenolic OH excluding ortho intramolecular Hbond substituents is 1. The highest BCUT2D eigenvalue weighted by atomic mass is 16.3. The van der Waals surface area contributed by atoms with Gasteiger partial charge in [-0.05, 0) is 47.9 Å².